The highest BCUT2D eigenvalue weighted by Crippen LogP contribution is 2.24. The van der Waals surface area contributed by atoms with Crippen LogP contribution < -0.4 is 5.32 Å². The molecular weight excluding hydrogens is 1110 g/mol. The molecule has 0 spiro atoms. The van der Waals surface area contributed by atoms with Crippen LogP contribution in [0.5, 0.6) is 0 Å². The Balaban J connectivity index is 2.06. The minimum atomic E-state index is -1.58. The van der Waals surface area contributed by atoms with Gasteiger partial charge in [-0.1, -0.05) is 403 Å². The van der Waals surface area contributed by atoms with Gasteiger partial charge in [0, 0.05) is 6.42 Å². The number of hydrogen-bond donors (Lipinski definition) is 6. The predicted molar refractivity (Wildman–Crippen MR) is 387 cm³/mol. The third-order valence-corrected chi connectivity index (χ3v) is 19.4. The minimum Gasteiger partial charge on any atom is -0.394 e. The van der Waals surface area contributed by atoms with Gasteiger partial charge in [0.05, 0.1) is 25.4 Å². The molecule has 0 radical (unpaired) electrons. The topological polar surface area (TPSA) is 149 Å². The first-order chi connectivity index (χ1) is 44.3. The van der Waals surface area contributed by atoms with Crippen LogP contribution >= 0.6 is 0 Å². The molecule has 0 aliphatic carbocycles. The number of ether oxygens (including phenoxy) is 2. The Morgan fingerprint density at radius 3 is 0.933 bits per heavy atom. The van der Waals surface area contributed by atoms with Crippen molar-refractivity contribution in [3.8, 4) is 0 Å². The van der Waals surface area contributed by atoms with E-state index in [0.29, 0.717) is 6.42 Å². The second-order valence-electron chi connectivity index (χ2n) is 28.2. The Kier molecular flexibility index (Phi) is 67.4. The van der Waals surface area contributed by atoms with Crippen LogP contribution in [0.2, 0.25) is 0 Å². The van der Waals surface area contributed by atoms with E-state index in [0.717, 1.165) is 44.9 Å². The fraction of sp³-hybridized carbons (Fsp3) is 0.914. The van der Waals surface area contributed by atoms with Crippen LogP contribution in [0.25, 0.3) is 0 Å². The highest BCUT2D eigenvalue weighted by atomic mass is 16.7. The SMILES string of the molecule is CCCCCCCCCCCCCCCCCCCC/C=C/CC/C=C/CC/C=C/C(O)C(COC1OC(CO)C(O)C(O)C1O)NC(=O)CCCCCCCCCCCCCCCCCCCCCCCCCCCCCCCCCCCCCCCCC. The first-order valence-corrected chi connectivity index (χ1v) is 40.2. The quantitative estimate of drug-likeness (QED) is 0.0261. The van der Waals surface area contributed by atoms with Crippen molar-refractivity contribution in [3.63, 3.8) is 0 Å². The van der Waals surface area contributed by atoms with Crippen LogP contribution in [0, 0.1) is 0 Å². The van der Waals surface area contributed by atoms with E-state index in [4.69, 9.17) is 9.47 Å². The van der Waals surface area contributed by atoms with Gasteiger partial charge >= 0.3 is 0 Å². The van der Waals surface area contributed by atoms with Gasteiger partial charge in [0.25, 0.3) is 0 Å². The van der Waals surface area contributed by atoms with Crippen molar-refractivity contribution >= 4 is 5.91 Å². The Hall–Kier alpha value is -1.59. The molecule has 0 aromatic heterocycles. The van der Waals surface area contributed by atoms with E-state index in [1.807, 2.05) is 6.08 Å². The maximum atomic E-state index is 13.2. The molecular formula is C81H155NO8. The van der Waals surface area contributed by atoms with E-state index >= 15 is 0 Å². The lowest BCUT2D eigenvalue weighted by Crippen LogP contribution is -2.60. The lowest BCUT2D eigenvalue weighted by molar-refractivity contribution is -0.302. The van der Waals surface area contributed by atoms with Crippen molar-refractivity contribution in [3.05, 3.63) is 36.5 Å². The smallest absolute Gasteiger partial charge is 0.220 e. The summed E-state index contributed by atoms with van der Waals surface area (Å²) < 4.78 is 11.3. The summed E-state index contributed by atoms with van der Waals surface area (Å²) >= 11 is 0. The largest absolute Gasteiger partial charge is 0.394 e. The third-order valence-electron chi connectivity index (χ3n) is 19.4. The van der Waals surface area contributed by atoms with Crippen LogP contribution in [0.4, 0.5) is 0 Å². The average Bonchev–Trinajstić information content (AvgIpc) is 1.33. The maximum absolute atomic E-state index is 13.2. The number of allylic oxidation sites excluding steroid dienone is 5. The second kappa shape index (κ2) is 70.2. The van der Waals surface area contributed by atoms with Crippen molar-refractivity contribution < 1.29 is 39.8 Å². The molecule has 1 fully saturated rings. The number of unbranched alkanes of at least 4 members (excludes halogenated alkanes) is 58. The zero-order valence-electron chi connectivity index (χ0n) is 59.9. The van der Waals surface area contributed by atoms with Crippen molar-refractivity contribution in [1.29, 1.82) is 0 Å². The fourth-order valence-electron chi connectivity index (χ4n) is 13.2. The van der Waals surface area contributed by atoms with Gasteiger partial charge in [-0.05, 0) is 44.9 Å². The number of hydrogen-bond acceptors (Lipinski definition) is 8. The fourth-order valence-corrected chi connectivity index (χ4v) is 13.2. The number of carbonyl (C=O) groups is 1. The molecule has 0 saturated carbocycles. The van der Waals surface area contributed by atoms with Gasteiger partial charge in [0.1, 0.15) is 24.4 Å². The number of rotatable bonds is 72. The molecule has 9 nitrogen and oxygen atoms in total. The Morgan fingerprint density at radius 2 is 0.633 bits per heavy atom. The standard InChI is InChI=1S/C81H155NO8/c1-3-5-7-9-11-13-15-17-19-21-23-25-27-29-31-33-34-35-36-37-38-39-40-41-42-43-45-47-49-51-53-55-57-59-61-63-65-67-69-71-77(85)82-74(73-89-81-80(88)79(87)78(86)76(72-83)90-81)75(84)70-68-66-64-62-60-58-56-54-52-50-48-46-44-32-30-28-26-24-22-20-18-16-14-12-10-8-6-4-2/h52,54,60,62,68,70,74-76,78-81,83-84,86-88H,3-51,53,55-59,61,63-67,69,71-73H2,1-2H3,(H,82,85)/b54-52+,62-60+,70-68+. The molecule has 7 unspecified atom stereocenters. The summed E-state index contributed by atoms with van der Waals surface area (Å²) in [5.41, 5.74) is 0. The van der Waals surface area contributed by atoms with Crippen LogP contribution in [0.1, 0.15) is 418 Å². The molecule has 0 bridgehead atoms. The summed E-state index contributed by atoms with van der Waals surface area (Å²) in [6.07, 6.45) is 88.9. The normalized spacial score (nSPS) is 17.9. The molecule has 532 valence electrons. The Morgan fingerprint density at radius 1 is 0.367 bits per heavy atom. The lowest BCUT2D eigenvalue weighted by atomic mass is 9.99. The molecule has 6 N–H and O–H groups in total. The number of amides is 1. The zero-order valence-corrected chi connectivity index (χ0v) is 59.9. The van der Waals surface area contributed by atoms with Crippen LogP contribution in [-0.4, -0.2) is 87.5 Å². The van der Waals surface area contributed by atoms with Crippen molar-refractivity contribution in [2.45, 2.75) is 461 Å². The van der Waals surface area contributed by atoms with Gasteiger partial charge in [-0.3, -0.25) is 4.79 Å². The van der Waals surface area contributed by atoms with Gasteiger partial charge < -0.3 is 40.3 Å². The van der Waals surface area contributed by atoms with E-state index in [9.17, 15) is 30.3 Å². The highest BCUT2D eigenvalue weighted by molar-refractivity contribution is 5.76. The second-order valence-corrected chi connectivity index (χ2v) is 28.2. The first kappa shape index (κ1) is 86.4. The molecule has 90 heavy (non-hydrogen) atoms. The number of aliphatic hydroxyl groups excluding tert-OH is 5. The van der Waals surface area contributed by atoms with Gasteiger partial charge in [-0.25, -0.2) is 0 Å². The summed E-state index contributed by atoms with van der Waals surface area (Å²) in [7, 11) is 0. The van der Waals surface area contributed by atoms with E-state index in [-0.39, 0.29) is 12.5 Å². The monoisotopic (exact) mass is 1270 g/mol. The zero-order chi connectivity index (χ0) is 64.9. The molecule has 1 amide bonds. The van der Waals surface area contributed by atoms with E-state index in [2.05, 4.69) is 43.5 Å². The third kappa shape index (κ3) is 57.8. The summed E-state index contributed by atoms with van der Waals surface area (Å²) in [4.78, 5) is 13.2. The molecule has 0 aromatic rings. The summed E-state index contributed by atoms with van der Waals surface area (Å²) in [6.45, 7) is 3.83. The Labute approximate surface area is 559 Å². The number of nitrogens with one attached hydrogen (secondary N) is 1. The van der Waals surface area contributed by atoms with Crippen molar-refractivity contribution in [2.75, 3.05) is 13.2 Å². The van der Waals surface area contributed by atoms with E-state index < -0.39 is 49.5 Å². The molecule has 7 atom stereocenters. The molecule has 1 heterocycles. The molecule has 9 heteroatoms. The van der Waals surface area contributed by atoms with Crippen molar-refractivity contribution in [2.24, 2.45) is 0 Å². The summed E-state index contributed by atoms with van der Waals surface area (Å²) in [6, 6.07) is -0.829. The van der Waals surface area contributed by atoms with Crippen LogP contribution in [-0.2, 0) is 14.3 Å². The van der Waals surface area contributed by atoms with Crippen molar-refractivity contribution in [1.82, 2.24) is 5.32 Å². The first-order valence-electron chi connectivity index (χ1n) is 40.2. The highest BCUT2D eigenvalue weighted by Gasteiger charge is 2.44. The lowest BCUT2D eigenvalue weighted by Gasteiger charge is -2.40. The Bertz CT molecular complexity index is 1520. The maximum Gasteiger partial charge on any atom is 0.220 e. The van der Waals surface area contributed by atoms with E-state index in [1.165, 1.54) is 353 Å². The van der Waals surface area contributed by atoms with Gasteiger partial charge in [0.15, 0.2) is 6.29 Å². The average molecular weight is 1270 g/mol. The predicted octanol–water partition coefficient (Wildman–Crippen LogP) is 22.9. The molecule has 0 aromatic carbocycles. The van der Waals surface area contributed by atoms with Gasteiger partial charge in [0.2, 0.25) is 5.91 Å². The van der Waals surface area contributed by atoms with Gasteiger partial charge in [-0.15, -0.1) is 0 Å². The molecule has 1 saturated heterocycles. The van der Waals surface area contributed by atoms with E-state index in [1.54, 1.807) is 6.08 Å². The molecule has 1 aliphatic rings. The number of aliphatic hydroxyl groups is 5. The molecule has 1 aliphatic heterocycles. The van der Waals surface area contributed by atoms with Crippen LogP contribution in [0.3, 0.4) is 0 Å². The minimum absolute atomic E-state index is 0.182. The van der Waals surface area contributed by atoms with Gasteiger partial charge in [-0.2, -0.15) is 0 Å². The number of carbonyl (C=O) groups excluding carboxylic acids is 1. The summed E-state index contributed by atoms with van der Waals surface area (Å²) in [5, 5.41) is 54.8. The van der Waals surface area contributed by atoms with Crippen LogP contribution in [0.15, 0.2) is 36.5 Å². The molecule has 1 rings (SSSR count). The summed E-state index contributed by atoms with van der Waals surface area (Å²) in [5.74, 6) is -0.182.